The molecule has 1 aliphatic rings. The van der Waals surface area contributed by atoms with Crippen molar-refractivity contribution in [3.8, 4) is 0 Å². The van der Waals surface area contributed by atoms with Crippen molar-refractivity contribution in [1.82, 2.24) is 37.2 Å². The molecular weight excluding hydrogens is 943 g/mol. The smallest absolute Gasteiger partial charge is 0.328 e. The standard InChI is InChI=1S/C53H93N7O13/c1-11-12-13-14-15-16-17-18-19-20-21-22-23-37-30-44(61)55-38(24-25-45(62)63)48(67)57-40(27-33(4)5)50(69)58-39(26-32(2)3)49(68)54-36(10)47(66)56-42(31-46(64)65)52(71)59-41(28-34(6)7)51(70)60-43(29-35(8)9)53(72)73-37/h32-43H,11-31H2,1-10H3,(H,54,68)(H,55,61)(H,56,66)(H,57,67)(H,58,69)(H,59,71)(H,60,70)(H,62,63)(H,64,65)/t36-,37?,38-,39-,40?,41-,42?,43?/m0/s1. The Balaban J connectivity index is 3.80. The van der Waals surface area contributed by atoms with Gasteiger partial charge in [0.25, 0.3) is 0 Å². The average molecular weight is 1040 g/mol. The Morgan fingerprint density at radius 1 is 0.466 bits per heavy atom. The van der Waals surface area contributed by atoms with Gasteiger partial charge in [0, 0.05) is 6.42 Å². The zero-order chi connectivity index (χ0) is 55.2. The van der Waals surface area contributed by atoms with E-state index in [1.807, 2.05) is 13.8 Å². The second-order valence-corrected chi connectivity index (χ2v) is 21.6. The number of hydrogen-bond acceptors (Lipinski definition) is 11. The topological polar surface area (TPSA) is 305 Å². The average Bonchev–Trinajstić information content (AvgIpc) is 3.28. The minimum atomic E-state index is -1.71. The molecule has 20 heteroatoms. The molecule has 1 fully saturated rings. The molecule has 4 unspecified atom stereocenters. The molecule has 0 bridgehead atoms. The van der Waals surface area contributed by atoms with Gasteiger partial charge in [0.1, 0.15) is 48.4 Å². The first kappa shape index (κ1) is 65.7. The van der Waals surface area contributed by atoms with Crippen molar-refractivity contribution in [2.75, 3.05) is 0 Å². The van der Waals surface area contributed by atoms with Crippen molar-refractivity contribution < 1.29 is 62.9 Å². The molecule has 8 atom stereocenters. The molecule has 0 aliphatic carbocycles. The van der Waals surface area contributed by atoms with Crippen molar-refractivity contribution in [3.63, 3.8) is 0 Å². The van der Waals surface area contributed by atoms with Crippen LogP contribution < -0.4 is 37.2 Å². The van der Waals surface area contributed by atoms with Crippen LogP contribution in [0, 0.1) is 23.7 Å². The second-order valence-electron chi connectivity index (χ2n) is 21.6. The van der Waals surface area contributed by atoms with Gasteiger partial charge in [-0.15, -0.1) is 0 Å². The Labute approximate surface area is 434 Å². The van der Waals surface area contributed by atoms with Crippen LogP contribution in [-0.2, 0) is 52.7 Å². The van der Waals surface area contributed by atoms with Crippen LogP contribution in [0.1, 0.15) is 204 Å². The zero-order valence-electron chi connectivity index (χ0n) is 45.7. The molecule has 73 heavy (non-hydrogen) atoms. The number of carboxylic acid groups (broad SMARTS) is 2. The van der Waals surface area contributed by atoms with Crippen LogP contribution in [-0.4, -0.2) is 118 Å². The number of ether oxygens (including phenoxy) is 1. The van der Waals surface area contributed by atoms with Gasteiger partial charge >= 0.3 is 17.9 Å². The molecule has 0 aromatic carbocycles. The Morgan fingerprint density at radius 3 is 1.26 bits per heavy atom. The van der Waals surface area contributed by atoms with Crippen molar-refractivity contribution in [1.29, 1.82) is 0 Å². The number of carbonyl (C=O) groups excluding carboxylic acids is 8. The van der Waals surface area contributed by atoms with Gasteiger partial charge in [-0.2, -0.15) is 0 Å². The number of amides is 7. The fourth-order valence-corrected chi connectivity index (χ4v) is 8.60. The predicted molar refractivity (Wildman–Crippen MR) is 276 cm³/mol. The summed E-state index contributed by atoms with van der Waals surface area (Å²) >= 11 is 0. The first-order valence-electron chi connectivity index (χ1n) is 27.1. The Bertz CT molecular complexity index is 1770. The lowest BCUT2D eigenvalue weighted by Gasteiger charge is -2.28. The largest absolute Gasteiger partial charge is 0.481 e. The number of hydrogen-bond donors (Lipinski definition) is 9. The molecule has 1 aliphatic heterocycles. The van der Waals surface area contributed by atoms with E-state index in [1.54, 1.807) is 41.5 Å². The Morgan fingerprint density at radius 2 is 0.836 bits per heavy atom. The quantitative estimate of drug-likeness (QED) is 0.0392. The van der Waals surface area contributed by atoms with E-state index in [1.165, 1.54) is 45.4 Å². The van der Waals surface area contributed by atoms with Crippen molar-refractivity contribution in [2.45, 2.75) is 252 Å². The number of unbranched alkanes of at least 4 members (excludes halogenated alkanes) is 11. The normalized spacial score (nSPS) is 23.9. The molecule has 0 aromatic heterocycles. The highest BCUT2D eigenvalue weighted by molar-refractivity contribution is 5.98. The van der Waals surface area contributed by atoms with E-state index < -0.39 is 127 Å². The van der Waals surface area contributed by atoms with Crippen LogP contribution in [0.5, 0.6) is 0 Å². The maximum absolute atomic E-state index is 14.2. The van der Waals surface area contributed by atoms with Gasteiger partial charge in [-0.05, 0) is 75.5 Å². The molecule has 1 heterocycles. The number of rotatable bonds is 26. The van der Waals surface area contributed by atoms with Crippen LogP contribution in [0.2, 0.25) is 0 Å². The third-order valence-electron chi connectivity index (χ3n) is 12.5. The summed E-state index contributed by atoms with van der Waals surface area (Å²) in [7, 11) is 0. The lowest BCUT2D eigenvalue weighted by molar-refractivity contribution is -0.155. The minimum Gasteiger partial charge on any atom is -0.481 e. The summed E-state index contributed by atoms with van der Waals surface area (Å²) in [4.78, 5) is 135. The van der Waals surface area contributed by atoms with Crippen LogP contribution in [0.3, 0.4) is 0 Å². The van der Waals surface area contributed by atoms with Gasteiger partial charge < -0.3 is 52.2 Å². The van der Waals surface area contributed by atoms with Gasteiger partial charge in [0.05, 0.1) is 12.8 Å². The second kappa shape index (κ2) is 35.8. The predicted octanol–water partition coefficient (Wildman–Crippen LogP) is 5.33. The van der Waals surface area contributed by atoms with Gasteiger partial charge in [-0.1, -0.05) is 133 Å². The first-order chi connectivity index (χ1) is 34.3. The third-order valence-corrected chi connectivity index (χ3v) is 12.5. The summed E-state index contributed by atoms with van der Waals surface area (Å²) in [6.07, 6.45) is 10.2. The molecule has 0 radical (unpaired) electrons. The van der Waals surface area contributed by atoms with E-state index in [0.717, 1.165) is 32.1 Å². The van der Waals surface area contributed by atoms with Gasteiger partial charge in [-0.3, -0.25) is 43.2 Å². The highest BCUT2D eigenvalue weighted by atomic mass is 16.5. The molecule has 1 saturated heterocycles. The van der Waals surface area contributed by atoms with Crippen LogP contribution in [0.4, 0.5) is 0 Å². The van der Waals surface area contributed by atoms with E-state index in [4.69, 9.17) is 4.74 Å². The van der Waals surface area contributed by atoms with E-state index in [0.29, 0.717) is 6.42 Å². The lowest BCUT2D eigenvalue weighted by atomic mass is 9.99. The number of cyclic esters (lactones) is 1. The van der Waals surface area contributed by atoms with Crippen molar-refractivity contribution >= 4 is 59.3 Å². The van der Waals surface area contributed by atoms with E-state index in [9.17, 15) is 58.2 Å². The Hall–Kier alpha value is -5.30. The third kappa shape index (κ3) is 29.3. The fourth-order valence-electron chi connectivity index (χ4n) is 8.60. The number of carbonyl (C=O) groups is 10. The Kier molecular flexibility index (Phi) is 32.2. The van der Waals surface area contributed by atoms with Crippen LogP contribution in [0.25, 0.3) is 0 Å². The van der Waals surface area contributed by atoms with Crippen molar-refractivity contribution in [2.24, 2.45) is 23.7 Å². The van der Waals surface area contributed by atoms with Crippen molar-refractivity contribution in [3.05, 3.63) is 0 Å². The minimum absolute atomic E-state index is 0.0422. The number of aliphatic carboxylic acids is 2. The molecule has 0 saturated carbocycles. The maximum atomic E-state index is 14.2. The van der Waals surface area contributed by atoms with Crippen LogP contribution >= 0.6 is 0 Å². The highest BCUT2D eigenvalue weighted by Gasteiger charge is 2.36. The number of esters is 1. The lowest BCUT2D eigenvalue weighted by Crippen LogP contribution is -2.60. The van der Waals surface area contributed by atoms with E-state index in [-0.39, 0.29) is 62.2 Å². The molecule has 20 nitrogen and oxygen atoms in total. The molecular formula is C53H93N7O13. The van der Waals surface area contributed by atoms with E-state index >= 15 is 0 Å². The summed E-state index contributed by atoms with van der Waals surface area (Å²) in [6, 6.07) is -9.62. The van der Waals surface area contributed by atoms with E-state index in [2.05, 4.69) is 44.1 Å². The maximum Gasteiger partial charge on any atom is 0.328 e. The monoisotopic (exact) mass is 1040 g/mol. The summed E-state index contributed by atoms with van der Waals surface area (Å²) in [5.74, 6) is -10.2. The summed E-state index contributed by atoms with van der Waals surface area (Å²) in [6.45, 7) is 17.9. The molecule has 0 aromatic rings. The van der Waals surface area contributed by atoms with Crippen LogP contribution in [0.15, 0.2) is 0 Å². The number of nitrogens with one attached hydrogen (secondary N) is 7. The number of carboxylic acids is 2. The van der Waals surface area contributed by atoms with Gasteiger partial charge in [-0.25, -0.2) is 4.79 Å². The first-order valence-corrected chi connectivity index (χ1v) is 27.1. The van der Waals surface area contributed by atoms with Gasteiger partial charge in [0.15, 0.2) is 0 Å². The fraction of sp³-hybridized carbons (Fsp3) is 0.811. The molecule has 1 rings (SSSR count). The molecule has 0 spiro atoms. The summed E-state index contributed by atoms with van der Waals surface area (Å²) in [5.41, 5.74) is 0. The SMILES string of the molecule is CCCCCCCCCCCCCCC1CC(=O)N[C@@H](CCC(=O)O)C(=O)NC(CC(C)C)C(=O)N[C@@H](CC(C)C)C(=O)N[C@@H](C)C(=O)NC(CC(=O)O)C(=O)N[C@@H](CC(C)C)C(=O)NC(CC(C)C)C(=O)O1. The molecule has 9 N–H and O–H groups in total. The zero-order valence-corrected chi connectivity index (χ0v) is 45.7. The molecule has 7 amide bonds. The summed E-state index contributed by atoms with van der Waals surface area (Å²) in [5, 5.41) is 37.5. The van der Waals surface area contributed by atoms with Gasteiger partial charge in [0.2, 0.25) is 41.4 Å². The highest BCUT2D eigenvalue weighted by Crippen LogP contribution is 2.19. The molecule has 418 valence electrons. The summed E-state index contributed by atoms with van der Waals surface area (Å²) < 4.78 is 6.04.